The van der Waals surface area contributed by atoms with Crippen LogP contribution >= 0.6 is 0 Å². The zero-order valence-electron chi connectivity index (χ0n) is 9.65. The third-order valence-electron chi connectivity index (χ3n) is 4.22. The van der Waals surface area contributed by atoms with E-state index in [1.807, 2.05) is 0 Å². The Kier molecular flexibility index (Phi) is 3.01. The minimum absolute atomic E-state index is 0.0900. The molecule has 0 aromatic heterocycles. The van der Waals surface area contributed by atoms with Gasteiger partial charge in [0, 0.05) is 18.6 Å². The SMILES string of the molecule is CCC(C)CN1C2CCC1C(C(=O)O)C2. The van der Waals surface area contributed by atoms with E-state index in [-0.39, 0.29) is 5.92 Å². The number of carboxylic acid groups (broad SMARTS) is 1. The summed E-state index contributed by atoms with van der Waals surface area (Å²) in [5.41, 5.74) is 0. The molecule has 0 saturated carbocycles. The van der Waals surface area contributed by atoms with Crippen LogP contribution in [0.2, 0.25) is 0 Å². The van der Waals surface area contributed by atoms with Gasteiger partial charge in [0.25, 0.3) is 0 Å². The fraction of sp³-hybridized carbons (Fsp3) is 0.917. The van der Waals surface area contributed by atoms with Gasteiger partial charge in [-0.3, -0.25) is 9.69 Å². The highest BCUT2D eigenvalue weighted by Gasteiger charge is 2.49. The zero-order chi connectivity index (χ0) is 11.0. The van der Waals surface area contributed by atoms with Gasteiger partial charge in [0.15, 0.2) is 0 Å². The largest absolute Gasteiger partial charge is 0.481 e. The minimum Gasteiger partial charge on any atom is -0.481 e. The molecule has 4 atom stereocenters. The second-order valence-corrected chi connectivity index (χ2v) is 5.19. The Bertz CT molecular complexity index is 254. The van der Waals surface area contributed by atoms with Crippen molar-refractivity contribution in [2.75, 3.05) is 6.54 Å². The summed E-state index contributed by atoms with van der Waals surface area (Å²) in [6.07, 6.45) is 4.38. The molecule has 0 aromatic rings. The first-order chi connectivity index (χ1) is 7.13. The first kappa shape index (κ1) is 10.9. The Morgan fingerprint density at radius 1 is 1.53 bits per heavy atom. The predicted molar refractivity (Wildman–Crippen MR) is 58.7 cm³/mol. The number of nitrogens with zero attached hydrogens (tertiary/aromatic N) is 1. The Morgan fingerprint density at radius 2 is 2.27 bits per heavy atom. The molecule has 2 fully saturated rings. The quantitative estimate of drug-likeness (QED) is 0.773. The summed E-state index contributed by atoms with van der Waals surface area (Å²) in [5.74, 6) is 0.0183. The number of hydrogen-bond acceptors (Lipinski definition) is 2. The van der Waals surface area contributed by atoms with Gasteiger partial charge in [-0.1, -0.05) is 20.3 Å². The number of carbonyl (C=O) groups is 1. The molecule has 3 nitrogen and oxygen atoms in total. The third kappa shape index (κ3) is 1.89. The van der Waals surface area contributed by atoms with Gasteiger partial charge in [0.2, 0.25) is 0 Å². The van der Waals surface area contributed by atoms with Crippen molar-refractivity contribution in [2.24, 2.45) is 11.8 Å². The molecule has 15 heavy (non-hydrogen) atoms. The number of hydrogen-bond donors (Lipinski definition) is 1. The molecule has 0 spiro atoms. The Labute approximate surface area is 91.5 Å². The standard InChI is InChI=1S/C12H21NO2/c1-3-8(2)7-13-9-4-5-11(13)10(6-9)12(14)15/h8-11H,3-7H2,1-2H3,(H,14,15). The van der Waals surface area contributed by atoms with Crippen LogP contribution in [0.1, 0.15) is 39.5 Å². The highest BCUT2D eigenvalue weighted by molar-refractivity contribution is 5.71. The van der Waals surface area contributed by atoms with E-state index in [9.17, 15) is 4.79 Å². The highest BCUT2D eigenvalue weighted by atomic mass is 16.4. The van der Waals surface area contributed by atoms with Crippen molar-refractivity contribution in [3.8, 4) is 0 Å². The van der Waals surface area contributed by atoms with Crippen LogP contribution in [0, 0.1) is 11.8 Å². The van der Waals surface area contributed by atoms with Crippen molar-refractivity contribution in [1.82, 2.24) is 4.90 Å². The molecule has 2 aliphatic rings. The second kappa shape index (κ2) is 4.12. The molecule has 4 unspecified atom stereocenters. The van der Waals surface area contributed by atoms with Crippen molar-refractivity contribution in [2.45, 2.75) is 51.6 Å². The van der Waals surface area contributed by atoms with Crippen LogP contribution in [-0.2, 0) is 4.79 Å². The fourth-order valence-electron chi connectivity index (χ4n) is 3.14. The van der Waals surface area contributed by atoms with Gasteiger partial charge in [-0.2, -0.15) is 0 Å². The second-order valence-electron chi connectivity index (χ2n) is 5.19. The molecule has 1 N–H and O–H groups in total. The van der Waals surface area contributed by atoms with E-state index in [4.69, 9.17) is 5.11 Å². The summed E-state index contributed by atoms with van der Waals surface area (Å²) in [7, 11) is 0. The van der Waals surface area contributed by atoms with Gasteiger partial charge < -0.3 is 5.11 Å². The summed E-state index contributed by atoms with van der Waals surface area (Å²) < 4.78 is 0. The maximum Gasteiger partial charge on any atom is 0.308 e. The van der Waals surface area contributed by atoms with E-state index >= 15 is 0 Å². The van der Waals surface area contributed by atoms with Crippen molar-refractivity contribution in [3.63, 3.8) is 0 Å². The molecular formula is C12H21NO2. The van der Waals surface area contributed by atoms with Crippen molar-refractivity contribution < 1.29 is 9.90 Å². The number of aliphatic carboxylic acids is 1. The molecule has 0 radical (unpaired) electrons. The lowest BCUT2D eigenvalue weighted by Crippen LogP contribution is -2.35. The van der Waals surface area contributed by atoms with E-state index in [0.717, 1.165) is 19.4 Å². The van der Waals surface area contributed by atoms with Crippen molar-refractivity contribution >= 4 is 5.97 Å². The normalized spacial score (nSPS) is 37.1. The maximum absolute atomic E-state index is 11.1. The topological polar surface area (TPSA) is 40.5 Å². The third-order valence-corrected chi connectivity index (χ3v) is 4.22. The monoisotopic (exact) mass is 211 g/mol. The van der Waals surface area contributed by atoms with Gasteiger partial charge in [-0.05, 0) is 25.2 Å². The highest BCUT2D eigenvalue weighted by Crippen LogP contribution is 2.42. The minimum atomic E-state index is -0.587. The number of rotatable bonds is 4. The van der Waals surface area contributed by atoms with Gasteiger partial charge >= 0.3 is 5.97 Å². The molecule has 0 aliphatic carbocycles. The summed E-state index contributed by atoms with van der Waals surface area (Å²) in [5, 5.41) is 9.12. The Hall–Kier alpha value is -0.570. The maximum atomic E-state index is 11.1. The smallest absolute Gasteiger partial charge is 0.308 e. The van der Waals surface area contributed by atoms with E-state index in [2.05, 4.69) is 18.7 Å². The average molecular weight is 211 g/mol. The zero-order valence-corrected chi connectivity index (χ0v) is 9.65. The molecule has 2 aliphatic heterocycles. The number of fused-ring (bicyclic) bond motifs is 2. The summed E-state index contributed by atoms with van der Waals surface area (Å²) >= 11 is 0. The molecule has 0 amide bonds. The molecule has 2 bridgehead atoms. The van der Waals surface area contributed by atoms with Crippen LogP contribution in [0.25, 0.3) is 0 Å². The Morgan fingerprint density at radius 3 is 2.80 bits per heavy atom. The average Bonchev–Trinajstić information content (AvgIpc) is 2.75. The molecular weight excluding hydrogens is 190 g/mol. The summed E-state index contributed by atoms with van der Waals surface area (Å²) in [6.45, 7) is 5.56. The van der Waals surface area contributed by atoms with Crippen LogP contribution in [0.5, 0.6) is 0 Å². The fourth-order valence-corrected chi connectivity index (χ4v) is 3.14. The van der Waals surface area contributed by atoms with Crippen molar-refractivity contribution in [3.05, 3.63) is 0 Å². The van der Waals surface area contributed by atoms with Crippen LogP contribution in [0.4, 0.5) is 0 Å². The van der Waals surface area contributed by atoms with E-state index < -0.39 is 5.97 Å². The summed E-state index contributed by atoms with van der Waals surface area (Å²) in [4.78, 5) is 13.5. The lowest BCUT2D eigenvalue weighted by atomic mass is 9.89. The first-order valence-electron chi connectivity index (χ1n) is 6.12. The number of carboxylic acids is 1. The molecule has 0 aromatic carbocycles. The van der Waals surface area contributed by atoms with Crippen molar-refractivity contribution in [1.29, 1.82) is 0 Å². The predicted octanol–water partition coefficient (Wildman–Crippen LogP) is 1.97. The summed E-state index contributed by atoms with van der Waals surface area (Å²) in [6, 6.07) is 0.895. The van der Waals surface area contributed by atoms with Gasteiger partial charge in [0.05, 0.1) is 5.92 Å². The first-order valence-corrected chi connectivity index (χ1v) is 6.12. The van der Waals surface area contributed by atoms with E-state index in [1.54, 1.807) is 0 Å². The Balaban J connectivity index is 2.00. The van der Waals surface area contributed by atoms with Crippen LogP contribution in [-0.4, -0.2) is 34.6 Å². The van der Waals surface area contributed by atoms with Crippen LogP contribution < -0.4 is 0 Å². The van der Waals surface area contributed by atoms with E-state index in [0.29, 0.717) is 18.0 Å². The molecule has 86 valence electrons. The van der Waals surface area contributed by atoms with Gasteiger partial charge in [-0.25, -0.2) is 0 Å². The van der Waals surface area contributed by atoms with Gasteiger partial charge in [-0.15, -0.1) is 0 Å². The molecule has 2 heterocycles. The van der Waals surface area contributed by atoms with Crippen LogP contribution in [0.15, 0.2) is 0 Å². The lowest BCUT2D eigenvalue weighted by molar-refractivity contribution is -0.142. The molecule has 2 saturated heterocycles. The van der Waals surface area contributed by atoms with Gasteiger partial charge in [0.1, 0.15) is 0 Å². The van der Waals surface area contributed by atoms with Crippen LogP contribution in [0.3, 0.4) is 0 Å². The molecule has 2 rings (SSSR count). The van der Waals surface area contributed by atoms with E-state index in [1.165, 1.54) is 12.8 Å². The lowest BCUT2D eigenvalue weighted by Gasteiger charge is -2.25. The molecule has 3 heteroatoms.